The Morgan fingerprint density at radius 1 is 1.14 bits per heavy atom. The van der Waals surface area contributed by atoms with Gasteiger partial charge in [0.2, 0.25) is 0 Å². The average molecular weight is 431 g/mol. The van der Waals surface area contributed by atoms with Crippen LogP contribution in [0.15, 0.2) is 55.1 Å². The van der Waals surface area contributed by atoms with Crippen molar-refractivity contribution in [3.63, 3.8) is 0 Å². The summed E-state index contributed by atoms with van der Waals surface area (Å²) in [5.74, 6) is 4.59. The van der Waals surface area contributed by atoms with Gasteiger partial charge in [-0.2, -0.15) is 0 Å². The van der Waals surface area contributed by atoms with E-state index in [4.69, 9.17) is 11.6 Å². The molecule has 0 saturated carbocycles. The van der Waals surface area contributed by atoms with Crippen molar-refractivity contribution in [2.75, 3.05) is 17.4 Å². The van der Waals surface area contributed by atoms with Crippen LogP contribution >= 0.6 is 22.3 Å². The van der Waals surface area contributed by atoms with Gasteiger partial charge < -0.3 is 9.62 Å². The summed E-state index contributed by atoms with van der Waals surface area (Å²) in [6.45, 7) is 13.3. The first kappa shape index (κ1) is 23.7. The third kappa shape index (κ3) is 6.74. The van der Waals surface area contributed by atoms with Crippen molar-refractivity contribution >= 4 is 39.4 Å². The highest BCUT2D eigenvalue weighted by Gasteiger charge is 2.21. The molecule has 1 saturated heterocycles. The average Bonchev–Trinajstić information content (AvgIpc) is 2.79. The molecule has 1 aliphatic rings. The van der Waals surface area contributed by atoms with E-state index in [-0.39, 0.29) is 10.7 Å². The Kier molecular flexibility index (Phi) is 9.99. The van der Waals surface area contributed by atoms with Gasteiger partial charge in [0.1, 0.15) is 0 Å². The smallest absolute Gasteiger partial charge is 0.0541 e. The Bertz CT molecular complexity index is 795. The van der Waals surface area contributed by atoms with Crippen LogP contribution in [0.3, 0.4) is 0 Å². The number of nitrogens with zero attached hydrogens (tertiary/aromatic N) is 1. The molecule has 0 aromatic heterocycles. The van der Waals surface area contributed by atoms with E-state index in [9.17, 15) is 0 Å². The van der Waals surface area contributed by atoms with Gasteiger partial charge in [-0.3, -0.25) is 0 Å². The molecule has 0 radical (unpaired) electrons. The minimum absolute atomic E-state index is 0.103. The van der Waals surface area contributed by atoms with Gasteiger partial charge in [-0.1, -0.05) is 85.8 Å². The summed E-state index contributed by atoms with van der Waals surface area (Å²) in [4.78, 5) is 0. The second-order valence-corrected chi connectivity index (χ2v) is 9.37. The molecule has 2 aromatic rings. The monoisotopic (exact) mass is 430 g/mol. The summed E-state index contributed by atoms with van der Waals surface area (Å²) in [5.41, 5.74) is 4.85. The minimum Gasteiger partial charge on any atom is -0.318 e. The maximum absolute atomic E-state index is 6.29. The maximum Gasteiger partial charge on any atom is 0.0541 e. The molecule has 0 spiro atoms. The van der Waals surface area contributed by atoms with Crippen LogP contribution in [0.2, 0.25) is 5.02 Å². The lowest BCUT2D eigenvalue weighted by Gasteiger charge is -2.35. The zero-order valence-electron chi connectivity index (χ0n) is 18.1. The van der Waals surface area contributed by atoms with E-state index in [1.54, 1.807) is 0 Å². The Balaban J connectivity index is 0.00000145. The standard InChI is InChI=1S/C23H29ClN2S.C2H6/c1-4-18(2)20-10-8-19(9-11-20)17-26(22-7-5-6-21(24)16-22)27(3)23-12-14-25-15-13-23;1-2/h5-11,16,23,25H,2-4,12-15,17H2,1H3;1-2H3. The van der Waals surface area contributed by atoms with Gasteiger partial charge in [0.25, 0.3) is 0 Å². The molecule has 1 N–H and O–H groups in total. The van der Waals surface area contributed by atoms with Gasteiger partial charge in [-0.25, -0.2) is 0 Å². The van der Waals surface area contributed by atoms with Crippen molar-refractivity contribution in [2.24, 2.45) is 0 Å². The highest BCUT2D eigenvalue weighted by Crippen LogP contribution is 2.37. The van der Waals surface area contributed by atoms with Crippen molar-refractivity contribution in [1.29, 1.82) is 0 Å². The Hall–Kier alpha value is -1.55. The summed E-state index contributed by atoms with van der Waals surface area (Å²) in [5, 5.41) is 4.85. The van der Waals surface area contributed by atoms with Crippen molar-refractivity contribution in [1.82, 2.24) is 5.32 Å². The van der Waals surface area contributed by atoms with Gasteiger partial charge in [0, 0.05) is 16.0 Å². The quantitative estimate of drug-likeness (QED) is 0.468. The van der Waals surface area contributed by atoms with E-state index in [1.807, 2.05) is 26.0 Å². The minimum atomic E-state index is -0.103. The Labute approximate surface area is 185 Å². The summed E-state index contributed by atoms with van der Waals surface area (Å²) >= 11 is 6.29. The van der Waals surface area contributed by atoms with E-state index < -0.39 is 0 Å². The predicted octanol–water partition coefficient (Wildman–Crippen LogP) is 7.16. The number of rotatable bonds is 7. The fraction of sp³-hybridized carbons (Fsp3) is 0.400. The first-order valence-corrected chi connectivity index (χ1v) is 12.4. The fourth-order valence-corrected chi connectivity index (χ4v) is 5.43. The molecule has 1 fully saturated rings. The normalized spacial score (nSPS) is 15.2. The van der Waals surface area contributed by atoms with Crippen LogP contribution in [0, 0.1) is 0 Å². The van der Waals surface area contributed by atoms with Gasteiger partial charge in [0.15, 0.2) is 0 Å². The van der Waals surface area contributed by atoms with Crippen LogP contribution in [0.1, 0.15) is 51.2 Å². The molecule has 158 valence electrons. The number of piperidine rings is 1. The number of hydrogen-bond acceptors (Lipinski definition) is 2. The van der Waals surface area contributed by atoms with E-state index >= 15 is 0 Å². The van der Waals surface area contributed by atoms with E-state index in [1.165, 1.54) is 29.5 Å². The number of allylic oxidation sites excluding steroid dienone is 1. The van der Waals surface area contributed by atoms with Crippen molar-refractivity contribution in [2.45, 2.75) is 51.8 Å². The fourth-order valence-electron chi connectivity index (χ4n) is 3.40. The van der Waals surface area contributed by atoms with Gasteiger partial charge >= 0.3 is 0 Å². The van der Waals surface area contributed by atoms with E-state index in [0.29, 0.717) is 5.25 Å². The molecule has 29 heavy (non-hydrogen) atoms. The summed E-state index contributed by atoms with van der Waals surface area (Å²) in [6.07, 6.45) is 3.34. The summed E-state index contributed by atoms with van der Waals surface area (Å²) in [6, 6.07) is 17.0. The zero-order valence-corrected chi connectivity index (χ0v) is 19.7. The van der Waals surface area contributed by atoms with Crippen LogP contribution in [0.4, 0.5) is 5.69 Å². The number of halogens is 1. The van der Waals surface area contributed by atoms with Gasteiger partial charge in [-0.15, -0.1) is 0 Å². The first-order chi connectivity index (χ1) is 14.1. The highest BCUT2D eigenvalue weighted by molar-refractivity contribution is 8.15. The number of benzene rings is 2. The first-order valence-electron chi connectivity index (χ1n) is 10.6. The molecular formula is C25H35ClN2S. The number of anilines is 1. The van der Waals surface area contributed by atoms with Gasteiger partial charge in [0.05, 0.1) is 6.54 Å². The van der Waals surface area contributed by atoms with Crippen molar-refractivity contribution in [3.8, 4) is 0 Å². The van der Waals surface area contributed by atoms with Crippen LogP contribution in [-0.2, 0) is 6.54 Å². The van der Waals surface area contributed by atoms with E-state index in [2.05, 4.69) is 65.4 Å². The summed E-state index contributed by atoms with van der Waals surface area (Å²) < 4.78 is 2.44. The molecule has 1 heterocycles. The van der Waals surface area contributed by atoms with Crippen LogP contribution in [0.25, 0.3) is 5.57 Å². The number of hydrogen-bond donors (Lipinski definition) is 1. The third-order valence-corrected chi connectivity index (χ3v) is 7.55. The molecule has 1 aliphatic heterocycles. The molecule has 2 nitrogen and oxygen atoms in total. The number of nitrogens with one attached hydrogen (secondary N) is 1. The molecule has 0 aliphatic carbocycles. The lowest BCUT2D eigenvalue weighted by molar-refractivity contribution is 0.530. The van der Waals surface area contributed by atoms with E-state index in [0.717, 1.165) is 36.8 Å². The van der Waals surface area contributed by atoms with Crippen LogP contribution in [-0.4, -0.2) is 24.2 Å². The molecule has 1 unspecified atom stereocenters. The molecule has 1 atom stereocenters. The SMILES string of the molecule is C=C(CC)c1ccc(CN(c2cccc(Cl)c2)S(=C)C2CCNCC2)cc1.CC. The van der Waals surface area contributed by atoms with Crippen LogP contribution in [0.5, 0.6) is 0 Å². The molecule has 4 heteroatoms. The molecule has 0 amide bonds. The van der Waals surface area contributed by atoms with Crippen molar-refractivity contribution < 1.29 is 0 Å². The predicted molar refractivity (Wildman–Crippen MR) is 135 cm³/mol. The largest absolute Gasteiger partial charge is 0.318 e. The molecule has 2 aromatic carbocycles. The van der Waals surface area contributed by atoms with Crippen molar-refractivity contribution in [3.05, 3.63) is 71.3 Å². The Morgan fingerprint density at radius 3 is 2.38 bits per heavy atom. The molecule has 0 bridgehead atoms. The summed E-state index contributed by atoms with van der Waals surface area (Å²) in [7, 11) is -0.103. The topological polar surface area (TPSA) is 15.3 Å². The molecule has 3 rings (SSSR count). The second-order valence-electron chi connectivity index (χ2n) is 7.02. The van der Waals surface area contributed by atoms with Crippen LogP contribution < -0.4 is 9.62 Å². The maximum atomic E-state index is 6.29. The highest BCUT2D eigenvalue weighted by atomic mass is 35.5. The second kappa shape index (κ2) is 12.2. The van der Waals surface area contributed by atoms with Gasteiger partial charge in [-0.05, 0) is 67.3 Å². The lowest BCUT2D eigenvalue weighted by Crippen LogP contribution is -2.33. The Morgan fingerprint density at radius 2 is 1.79 bits per heavy atom. The lowest BCUT2D eigenvalue weighted by atomic mass is 10.0. The zero-order chi connectivity index (χ0) is 21.2. The third-order valence-electron chi connectivity index (χ3n) is 5.17. The molecular weight excluding hydrogens is 396 g/mol.